The molecule has 3 nitrogen and oxygen atoms in total. The van der Waals surface area contributed by atoms with Crippen molar-refractivity contribution in [2.24, 2.45) is 0 Å². The number of nitrogens with zero attached hydrogens (tertiary/aromatic N) is 1. The van der Waals surface area contributed by atoms with Gasteiger partial charge in [0.1, 0.15) is 0 Å². The maximum absolute atomic E-state index is 10.6. The summed E-state index contributed by atoms with van der Waals surface area (Å²) in [7, 11) is 0. The monoisotopic (exact) mass is 193 g/mol. The first-order valence-electron chi connectivity index (χ1n) is 5.09. The third-order valence-electron chi connectivity index (χ3n) is 3.16. The molecule has 1 aromatic heterocycles. The summed E-state index contributed by atoms with van der Waals surface area (Å²) in [5.41, 5.74) is 0.773. The molecule has 1 aromatic rings. The highest BCUT2D eigenvalue weighted by molar-refractivity contribution is 5.71. The Labute approximate surface area is 83.5 Å². The van der Waals surface area contributed by atoms with Crippen LogP contribution in [0.5, 0.6) is 0 Å². The Morgan fingerprint density at radius 2 is 2.07 bits per heavy atom. The second-order valence-electron chi connectivity index (χ2n) is 4.35. The van der Waals surface area contributed by atoms with Crippen molar-refractivity contribution < 1.29 is 9.21 Å². The summed E-state index contributed by atoms with van der Waals surface area (Å²) in [6.45, 7) is 3.98. The van der Waals surface area contributed by atoms with Crippen LogP contribution < -0.4 is 0 Å². The summed E-state index contributed by atoms with van der Waals surface area (Å²) in [6, 6.07) is 0. The second-order valence-corrected chi connectivity index (χ2v) is 4.35. The Morgan fingerprint density at radius 1 is 1.43 bits per heavy atom. The first kappa shape index (κ1) is 9.44. The number of rotatable bonds is 2. The lowest BCUT2D eigenvalue weighted by molar-refractivity contribution is 0.109. The maximum atomic E-state index is 10.6. The van der Waals surface area contributed by atoms with E-state index in [4.69, 9.17) is 4.42 Å². The van der Waals surface area contributed by atoms with Gasteiger partial charge in [-0.05, 0) is 19.8 Å². The highest BCUT2D eigenvalue weighted by Crippen LogP contribution is 2.40. The minimum absolute atomic E-state index is 0.0615. The van der Waals surface area contributed by atoms with Gasteiger partial charge in [0.2, 0.25) is 5.89 Å². The Balaban J connectivity index is 2.36. The van der Waals surface area contributed by atoms with E-state index < -0.39 is 0 Å². The molecular weight excluding hydrogens is 178 g/mol. The van der Waals surface area contributed by atoms with E-state index in [0.717, 1.165) is 25.0 Å². The summed E-state index contributed by atoms with van der Waals surface area (Å²) in [5, 5.41) is 0. The Bertz CT molecular complexity index is 348. The zero-order chi connectivity index (χ0) is 10.2. The van der Waals surface area contributed by atoms with E-state index in [1.165, 1.54) is 12.8 Å². The first-order valence-corrected chi connectivity index (χ1v) is 5.09. The summed E-state index contributed by atoms with van der Waals surface area (Å²) < 4.78 is 5.47. The maximum Gasteiger partial charge on any atom is 0.201 e. The number of aldehydes is 1. The van der Waals surface area contributed by atoms with Crippen LogP contribution in [0.4, 0.5) is 0 Å². The molecular formula is C11H15NO2. The second kappa shape index (κ2) is 3.23. The molecule has 0 radical (unpaired) electrons. The van der Waals surface area contributed by atoms with Crippen LogP contribution in [0, 0.1) is 6.92 Å². The zero-order valence-electron chi connectivity index (χ0n) is 8.67. The van der Waals surface area contributed by atoms with Crippen molar-refractivity contribution in [2.45, 2.75) is 44.9 Å². The van der Waals surface area contributed by atoms with Crippen molar-refractivity contribution in [3.63, 3.8) is 0 Å². The van der Waals surface area contributed by atoms with Gasteiger partial charge < -0.3 is 4.42 Å². The molecule has 0 aliphatic heterocycles. The van der Waals surface area contributed by atoms with Crippen molar-refractivity contribution >= 4 is 6.29 Å². The van der Waals surface area contributed by atoms with Crippen molar-refractivity contribution in [3.8, 4) is 0 Å². The molecule has 0 unspecified atom stereocenters. The highest BCUT2D eigenvalue weighted by Gasteiger charge is 2.35. The third kappa shape index (κ3) is 1.37. The van der Waals surface area contributed by atoms with Gasteiger partial charge in [0.25, 0.3) is 0 Å². The molecule has 3 heteroatoms. The van der Waals surface area contributed by atoms with E-state index >= 15 is 0 Å². The summed E-state index contributed by atoms with van der Waals surface area (Å²) >= 11 is 0. The molecule has 1 fully saturated rings. The van der Waals surface area contributed by atoms with Crippen LogP contribution in [0.25, 0.3) is 0 Å². The van der Waals surface area contributed by atoms with Gasteiger partial charge in [-0.1, -0.05) is 19.8 Å². The average Bonchev–Trinajstić information content (AvgIpc) is 2.73. The highest BCUT2D eigenvalue weighted by atomic mass is 16.4. The van der Waals surface area contributed by atoms with Crippen molar-refractivity contribution in [1.82, 2.24) is 4.98 Å². The van der Waals surface area contributed by atoms with E-state index in [-0.39, 0.29) is 5.41 Å². The molecule has 1 aliphatic rings. The predicted octanol–water partition coefficient (Wildman–Crippen LogP) is 2.63. The number of oxazole rings is 1. The van der Waals surface area contributed by atoms with Crippen LogP contribution in [0.3, 0.4) is 0 Å². The van der Waals surface area contributed by atoms with Crippen molar-refractivity contribution in [2.75, 3.05) is 0 Å². The third-order valence-corrected chi connectivity index (χ3v) is 3.16. The molecule has 76 valence electrons. The molecule has 0 spiro atoms. The fourth-order valence-corrected chi connectivity index (χ4v) is 2.14. The largest absolute Gasteiger partial charge is 0.437 e. The fraction of sp³-hybridized carbons (Fsp3) is 0.636. The van der Waals surface area contributed by atoms with Crippen LogP contribution in [0.15, 0.2) is 4.42 Å². The van der Waals surface area contributed by atoms with Gasteiger partial charge in [0, 0.05) is 5.41 Å². The number of aryl methyl sites for hydroxylation is 1. The number of carbonyl (C=O) groups excluding carboxylic acids is 1. The van der Waals surface area contributed by atoms with Gasteiger partial charge >= 0.3 is 0 Å². The quantitative estimate of drug-likeness (QED) is 0.678. The normalized spacial score (nSPS) is 19.9. The van der Waals surface area contributed by atoms with E-state index in [0.29, 0.717) is 11.5 Å². The molecule has 1 saturated carbocycles. The van der Waals surface area contributed by atoms with Crippen LogP contribution in [0.1, 0.15) is 54.7 Å². The smallest absolute Gasteiger partial charge is 0.201 e. The Kier molecular flexibility index (Phi) is 2.17. The average molecular weight is 193 g/mol. The number of hydrogen-bond acceptors (Lipinski definition) is 3. The van der Waals surface area contributed by atoms with Gasteiger partial charge in [-0.3, -0.25) is 4.79 Å². The predicted molar refractivity (Wildman–Crippen MR) is 52.4 cm³/mol. The lowest BCUT2D eigenvalue weighted by Crippen LogP contribution is -2.17. The van der Waals surface area contributed by atoms with E-state index in [1.807, 2.05) is 6.92 Å². The summed E-state index contributed by atoms with van der Waals surface area (Å²) in [5.74, 6) is 1.13. The number of carbonyl (C=O) groups is 1. The molecule has 1 aliphatic carbocycles. The Hall–Kier alpha value is -1.12. The SMILES string of the molecule is Cc1nc(C2(C)CCCC2)oc1C=O. The van der Waals surface area contributed by atoms with Gasteiger partial charge in [0.05, 0.1) is 5.69 Å². The zero-order valence-corrected chi connectivity index (χ0v) is 8.67. The molecule has 0 aromatic carbocycles. The van der Waals surface area contributed by atoms with Gasteiger partial charge in [-0.25, -0.2) is 4.98 Å². The summed E-state index contributed by atoms with van der Waals surface area (Å²) in [4.78, 5) is 15.0. The molecule has 0 amide bonds. The van der Waals surface area contributed by atoms with Crippen LogP contribution in [-0.4, -0.2) is 11.3 Å². The molecule has 0 saturated heterocycles. The molecule has 0 bridgehead atoms. The standard InChI is InChI=1S/C11H15NO2/c1-8-9(7-13)14-10(12-8)11(2)5-3-4-6-11/h7H,3-6H2,1-2H3. The number of aromatic nitrogens is 1. The van der Waals surface area contributed by atoms with E-state index in [1.54, 1.807) is 0 Å². The molecule has 1 heterocycles. The van der Waals surface area contributed by atoms with Gasteiger partial charge in [-0.15, -0.1) is 0 Å². The topological polar surface area (TPSA) is 43.1 Å². The van der Waals surface area contributed by atoms with Crippen LogP contribution >= 0.6 is 0 Å². The molecule has 0 atom stereocenters. The van der Waals surface area contributed by atoms with Crippen molar-refractivity contribution in [1.29, 1.82) is 0 Å². The molecule has 2 rings (SSSR count). The first-order chi connectivity index (χ1) is 6.65. The van der Waals surface area contributed by atoms with Crippen molar-refractivity contribution in [3.05, 3.63) is 17.3 Å². The fourth-order valence-electron chi connectivity index (χ4n) is 2.14. The Morgan fingerprint density at radius 3 is 2.57 bits per heavy atom. The van der Waals surface area contributed by atoms with E-state index in [9.17, 15) is 4.79 Å². The molecule has 14 heavy (non-hydrogen) atoms. The lowest BCUT2D eigenvalue weighted by Gasteiger charge is -2.18. The minimum atomic E-state index is 0.0615. The minimum Gasteiger partial charge on any atom is -0.437 e. The van der Waals surface area contributed by atoms with Gasteiger partial charge in [-0.2, -0.15) is 0 Å². The van der Waals surface area contributed by atoms with Gasteiger partial charge in [0.15, 0.2) is 12.0 Å². The summed E-state index contributed by atoms with van der Waals surface area (Å²) in [6.07, 6.45) is 5.43. The molecule has 0 N–H and O–H groups in total. The van der Waals surface area contributed by atoms with Crippen LogP contribution in [-0.2, 0) is 5.41 Å². The van der Waals surface area contributed by atoms with E-state index in [2.05, 4.69) is 11.9 Å². The number of hydrogen-bond donors (Lipinski definition) is 0. The lowest BCUT2D eigenvalue weighted by atomic mass is 9.89. The van der Waals surface area contributed by atoms with Crippen LogP contribution in [0.2, 0.25) is 0 Å².